The highest BCUT2D eigenvalue weighted by Crippen LogP contribution is 2.29. The monoisotopic (exact) mass is 337 g/mol. The summed E-state index contributed by atoms with van der Waals surface area (Å²) in [6, 6.07) is 10.4. The SMILES string of the molecule is CCc1cc(CC)c(NC(=O)N2CC(c3ccccn3)C2)c(CC)c1. The van der Waals surface area contributed by atoms with Gasteiger partial charge in [-0.15, -0.1) is 0 Å². The Balaban J connectivity index is 1.70. The van der Waals surface area contributed by atoms with Crippen molar-refractivity contribution in [3.8, 4) is 0 Å². The minimum absolute atomic E-state index is 0.000768. The average molecular weight is 337 g/mol. The summed E-state index contributed by atoms with van der Waals surface area (Å²) >= 11 is 0. The van der Waals surface area contributed by atoms with Crippen LogP contribution in [0.1, 0.15) is 49.1 Å². The topological polar surface area (TPSA) is 45.2 Å². The Morgan fingerprint density at radius 2 is 1.80 bits per heavy atom. The van der Waals surface area contributed by atoms with Gasteiger partial charge in [0.15, 0.2) is 0 Å². The third-order valence-corrected chi connectivity index (χ3v) is 5.04. The quantitative estimate of drug-likeness (QED) is 0.879. The van der Waals surface area contributed by atoms with E-state index in [9.17, 15) is 4.79 Å². The largest absolute Gasteiger partial charge is 0.323 e. The van der Waals surface area contributed by atoms with E-state index in [0.717, 1.165) is 43.7 Å². The fourth-order valence-corrected chi connectivity index (χ4v) is 3.40. The molecule has 0 aliphatic carbocycles. The van der Waals surface area contributed by atoms with Crippen molar-refractivity contribution in [2.45, 2.75) is 46.0 Å². The van der Waals surface area contributed by atoms with Gasteiger partial charge in [-0.05, 0) is 48.1 Å². The van der Waals surface area contributed by atoms with Gasteiger partial charge in [0.1, 0.15) is 0 Å². The molecule has 0 atom stereocenters. The Bertz CT molecular complexity index is 711. The van der Waals surface area contributed by atoms with Crippen LogP contribution < -0.4 is 5.32 Å². The minimum Gasteiger partial charge on any atom is -0.323 e. The van der Waals surface area contributed by atoms with Crippen molar-refractivity contribution in [3.05, 3.63) is 58.9 Å². The number of hydrogen-bond acceptors (Lipinski definition) is 2. The molecule has 3 rings (SSSR count). The molecule has 0 spiro atoms. The van der Waals surface area contributed by atoms with Gasteiger partial charge in [-0.3, -0.25) is 4.98 Å². The van der Waals surface area contributed by atoms with Crippen LogP contribution in [0.15, 0.2) is 36.5 Å². The molecule has 1 N–H and O–H groups in total. The summed E-state index contributed by atoms with van der Waals surface area (Å²) in [5.74, 6) is 0.353. The molecule has 2 heterocycles. The molecule has 1 aromatic heterocycles. The van der Waals surface area contributed by atoms with Gasteiger partial charge in [0, 0.05) is 36.6 Å². The van der Waals surface area contributed by atoms with Crippen molar-refractivity contribution in [3.63, 3.8) is 0 Å². The zero-order valence-corrected chi connectivity index (χ0v) is 15.4. The van der Waals surface area contributed by atoms with Gasteiger partial charge >= 0.3 is 6.03 Å². The van der Waals surface area contributed by atoms with Gasteiger partial charge in [0.25, 0.3) is 0 Å². The summed E-state index contributed by atoms with van der Waals surface area (Å²) in [6.45, 7) is 7.93. The van der Waals surface area contributed by atoms with E-state index in [4.69, 9.17) is 0 Å². The van der Waals surface area contributed by atoms with E-state index in [2.05, 4.69) is 43.2 Å². The predicted octanol–water partition coefficient (Wildman–Crippen LogP) is 4.40. The maximum absolute atomic E-state index is 12.7. The molecule has 0 radical (unpaired) electrons. The van der Waals surface area contributed by atoms with Gasteiger partial charge < -0.3 is 10.2 Å². The summed E-state index contributed by atoms with van der Waals surface area (Å²) in [5, 5.41) is 3.17. The van der Waals surface area contributed by atoms with Gasteiger partial charge in [-0.25, -0.2) is 4.79 Å². The lowest BCUT2D eigenvalue weighted by Crippen LogP contribution is -2.50. The van der Waals surface area contributed by atoms with Crippen LogP contribution in [0, 0.1) is 0 Å². The summed E-state index contributed by atoms with van der Waals surface area (Å²) in [4.78, 5) is 18.9. The highest BCUT2D eigenvalue weighted by molar-refractivity contribution is 5.92. The Kier molecular flexibility index (Phi) is 5.37. The smallest absolute Gasteiger partial charge is 0.321 e. The van der Waals surface area contributed by atoms with Crippen molar-refractivity contribution in [2.75, 3.05) is 18.4 Å². The van der Waals surface area contributed by atoms with Crippen molar-refractivity contribution in [2.24, 2.45) is 0 Å². The van der Waals surface area contributed by atoms with Crippen LogP contribution in [0.4, 0.5) is 10.5 Å². The lowest BCUT2D eigenvalue weighted by atomic mass is 9.96. The Labute approximate surface area is 150 Å². The highest BCUT2D eigenvalue weighted by atomic mass is 16.2. The normalized spacial score (nSPS) is 14.3. The standard InChI is InChI=1S/C21H27N3O/c1-4-15-11-16(5-2)20(17(6-3)12-15)23-21(25)24-13-18(14-24)19-9-7-8-10-22-19/h7-12,18H,4-6,13-14H2,1-3H3,(H,23,25). The lowest BCUT2D eigenvalue weighted by molar-refractivity contribution is 0.162. The Hall–Kier alpha value is -2.36. The van der Waals surface area contributed by atoms with E-state index in [1.165, 1.54) is 16.7 Å². The Morgan fingerprint density at radius 3 is 2.32 bits per heavy atom. The first-order valence-electron chi connectivity index (χ1n) is 9.27. The van der Waals surface area contributed by atoms with Gasteiger partial charge in [-0.1, -0.05) is 39.0 Å². The maximum atomic E-state index is 12.7. The molecule has 4 heteroatoms. The number of aromatic nitrogens is 1. The van der Waals surface area contributed by atoms with Crippen LogP contribution in [-0.4, -0.2) is 29.0 Å². The molecule has 1 saturated heterocycles. The molecule has 4 nitrogen and oxygen atoms in total. The fourth-order valence-electron chi connectivity index (χ4n) is 3.40. The second-order valence-electron chi connectivity index (χ2n) is 6.64. The van der Waals surface area contributed by atoms with Gasteiger partial charge in [-0.2, -0.15) is 0 Å². The molecule has 25 heavy (non-hydrogen) atoms. The van der Waals surface area contributed by atoms with Crippen LogP contribution in [0.25, 0.3) is 0 Å². The average Bonchev–Trinajstić information content (AvgIpc) is 2.61. The molecular formula is C21H27N3O. The maximum Gasteiger partial charge on any atom is 0.321 e. The molecule has 1 fully saturated rings. The van der Waals surface area contributed by atoms with E-state index in [-0.39, 0.29) is 6.03 Å². The highest BCUT2D eigenvalue weighted by Gasteiger charge is 2.32. The predicted molar refractivity (Wildman–Crippen MR) is 102 cm³/mol. The molecule has 2 amide bonds. The zero-order chi connectivity index (χ0) is 17.8. The number of anilines is 1. The summed E-state index contributed by atoms with van der Waals surface area (Å²) in [6.07, 6.45) is 4.68. The molecule has 1 aliphatic rings. The van der Waals surface area contributed by atoms with Crippen molar-refractivity contribution in [1.82, 2.24) is 9.88 Å². The second kappa shape index (κ2) is 7.68. The minimum atomic E-state index is 0.000768. The number of carbonyl (C=O) groups is 1. The number of nitrogens with one attached hydrogen (secondary N) is 1. The number of hydrogen-bond donors (Lipinski definition) is 1. The van der Waals surface area contributed by atoms with Crippen molar-refractivity contribution < 1.29 is 4.79 Å². The third-order valence-electron chi connectivity index (χ3n) is 5.04. The van der Waals surface area contributed by atoms with E-state index < -0.39 is 0 Å². The number of urea groups is 1. The summed E-state index contributed by atoms with van der Waals surface area (Å²) in [5.41, 5.74) is 5.87. The molecule has 0 saturated carbocycles. The van der Waals surface area contributed by atoms with Crippen LogP contribution in [-0.2, 0) is 19.3 Å². The van der Waals surface area contributed by atoms with Gasteiger partial charge in [0.05, 0.1) is 0 Å². The van der Waals surface area contributed by atoms with E-state index >= 15 is 0 Å². The Morgan fingerprint density at radius 1 is 1.12 bits per heavy atom. The number of aryl methyl sites for hydroxylation is 3. The van der Waals surface area contributed by atoms with Gasteiger partial charge in [0.2, 0.25) is 0 Å². The molecule has 132 valence electrons. The molecular weight excluding hydrogens is 310 g/mol. The lowest BCUT2D eigenvalue weighted by Gasteiger charge is -2.39. The van der Waals surface area contributed by atoms with Crippen LogP contribution in [0.3, 0.4) is 0 Å². The number of carbonyl (C=O) groups excluding carboxylic acids is 1. The van der Waals surface area contributed by atoms with E-state index in [1.54, 1.807) is 0 Å². The fraction of sp³-hybridized carbons (Fsp3) is 0.429. The number of pyridine rings is 1. The van der Waals surface area contributed by atoms with Crippen LogP contribution in [0.2, 0.25) is 0 Å². The van der Waals surface area contributed by atoms with Crippen LogP contribution >= 0.6 is 0 Å². The molecule has 1 aromatic carbocycles. The number of benzene rings is 1. The summed E-state index contributed by atoms with van der Waals surface area (Å²) in [7, 11) is 0. The third kappa shape index (κ3) is 3.68. The first kappa shape index (κ1) is 17.5. The molecule has 0 unspecified atom stereocenters. The van der Waals surface area contributed by atoms with Crippen LogP contribution in [0.5, 0.6) is 0 Å². The van der Waals surface area contributed by atoms with E-state index in [1.807, 2.05) is 29.3 Å². The van der Waals surface area contributed by atoms with Crippen molar-refractivity contribution in [1.29, 1.82) is 0 Å². The first-order chi connectivity index (χ1) is 12.2. The first-order valence-corrected chi connectivity index (χ1v) is 9.27. The second-order valence-corrected chi connectivity index (χ2v) is 6.64. The number of nitrogens with zero attached hydrogens (tertiary/aromatic N) is 2. The zero-order valence-electron chi connectivity index (χ0n) is 15.4. The number of rotatable bonds is 5. The summed E-state index contributed by atoms with van der Waals surface area (Å²) < 4.78 is 0. The molecule has 1 aliphatic heterocycles. The molecule has 2 aromatic rings. The number of likely N-dealkylation sites (tertiary alicyclic amines) is 1. The van der Waals surface area contributed by atoms with Crippen molar-refractivity contribution >= 4 is 11.7 Å². The number of amides is 2. The van der Waals surface area contributed by atoms with E-state index in [0.29, 0.717) is 5.92 Å². The molecule has 0 bridgehead atoms.